The van der Waals surface area contributed by atoms with Gasteiger partial charge in [0.05, 0.1) is 0 Å². The van der Waals surface area contributed by atoms with E-state index >= 15 is 0 Å². The Balaban J connectivity index is 1.75. The number of hydrogen-bond donors (Lipinski definition) is 4. The molecule has 1 spiro atoms. The minimum atomic E-state index is -0.932. The number of aromatic amines is 1. The summed E-state index contributed by atoms with van der Waals surface area (Å²) in [7, 11) is 0. The van der Waals surface area contributed by atoms with E-state index in [1.54, 1.807) is 4.90 Å². The van der Waals surface area contributed by atoms with Crippen LogP contribution in [0, 0.1) is 11.8 Å². The number of nitrogens with two attached hydrogens (primary N) is 1. The van der Waals surface area contributed by atoms with Crippen LogP contribution in [0.25, 0.3) is 0 Å². The van der Waals surface area contributed by atoms with E-state index in [9.17, 15) is 24.0 Å². The number of nitrogens with zero attached hydrogens (tertiary/aromatic N) is 3. The summed E-state index contributed by atoms with van der Waals surface area (Å²) >= 11 is 0. The number of carbonyl (C=O) groups excluding carboxylic acids is 3. The number of hydrazine groups is 1. The van der Waals surface area contributed by atoms with Crippen LogP contribution < -0.4 is 32.6 Å². The predicted octanol–water partition coefficient (Wildman–Crippen LogP) is 0.913. The van der Waals surface area contributed by atoms with Gasteiger partial charge in [0.25, 0.3) is 11.5 Å². The second-order valence-electron chi connectivity index (χ2n) is 10.3. The summed E-state index contributed by atoms with van der Waals surface area (Å²) in [6.45, 7) is 8.62. The number of H-pyrrole nitrogens is 1. The molecule has 0 atom stereocenters. The number of aromatic nitrogens is 2. The Kier molecular flexibility index (Phi) is 7.91. The molecule has 1 aromatic rings. The molecule has 0 bridgehead atoms. The lowest BCUT2D eigenvalue weighted by Crippen LogP contribution is -2.51. The molecule has 1 aliphatic carbocycles. The van der Waals surface area contributed by atoms with Crippen molar-refractivity contribution in [2.45, 2.75) is 78.3 Å². The molecule has 12 nitrogen and oxygen atoms in total. The highest BCUT2D eigenvalue weighted by molar-refractivity contribution is 6.08. The van der Waals surface area contributed by atoms with Gasteiger partial charge in [-0.15, -0.1) is 0 Å². The predicted molar refractivity (Wildman–Crippen MR) is 132 cm³/mol. The molecule has 0 aromatic carbocycles. The van der Waals surface area contributed by atoms with Crippen LogP contribution in [0.3, 0.4) is 0 Å². The first-order chi connectivity index (χ1) is 16.4. The number of nitrogen functional groups attached to an aromatic ring is 1. The minimum Gasteiger partial charge on any atom is -0.383 e. The van der Waals surface area contributed by atoms with Gasteiger partial charge < -0.3 is 16.0 Å². The van der Waals surface area contributed by atoms with Gasteiger partial charge in [-0.1, -0.05) is 47.0 Å². The van der Waals surface area contributed by atoms with E-state index in [-0.39, 0.29) is 36.3 Å². The third-order valence-corrected chi connectivity index (χ3v) is 6.38. The quantitative estimate of drug-likeness (QED) is 0.373. The Bertz CT molecular complexity index is 1080. The van der Waals surface area contributed by atoms with E-state index in [0.29, 0.717) is 25.9 Å². The van der Waals surface area contributed by atoms with Crippen LogP contribution in [-0.4, -0.2) is 51.0 Å². The van der Waals surface area contributed by atoms with Crippen molar-refractivity contribution in [3.63, 3.8) is 0 Å². The molecule has 2 fully saturated rings. The third-order valence-electron chi connectivity index (χ3n) is 6.38. The Morgan fingerprint density at radius 2 is 1.74 bits per heavy atom. The average Bonchev–Trinajstić information content (AvgIpc) is 2.98. The molecule has 1 saturated carbocycles. The number of hydrogen-bond acceptors (Lipinski definition) is 7. The van der Waals surface area contributed by atoms with Crippen molar-refractivity contribution in [3.05, 3.63) is 20.8 Å². The third kappa shape index (κ3) is 5.68. The van der Waals surface area contributed by atoms with Crippen LogP contribution >= 0.6 is 0 Å². The average molecular weight is 492 g/mol. The smallest absolute Gasteiger partial charge is 0.344 e. The Hall–Kier alpha value is -3.31. The molecule has 1 aliphatic heterocycles. The molecule has 1 aromatic heterocycles. The molecule has 0 unspecified atom stereocenters. The molecule has 4 amide bonds. The van der Waals surface area contributed by atoms with Crippen LogP contribution in [0.5, 0.6) is 0 Å². The van der Waals surface area contributed by atoms with Gasteiger partial charge in [-0.05, 0) is 24.7 Å². The van der Waals surface area contributed by atoms with Crippen LogP contribution in [0.15, 0.2) is 9.59 Å². The Morgan fingerprint density at radius 3 is 2.34 bits per heavy atom. The van der Waals surface area contributed by atoms with Gasteiger partial charge in [-0.3, -0.25) is 29.4 Å². The number of imide groups is 1. The fourth-order valence-electron chi connectivity index (χ4n) is 4.80. The van der Waals surface area contributed by atoms with Crippen LogP contribution in [0.2, 0.25) is 0 Å². The summed E-state index contributed by atoms with van der Waals surface area (Å²) in [5.74, 6) is -0.687. The summed E-state index contributed by atoms with van der Waals surface area (Å²) in [6.07, 6.45) is 3.70. The number of carbonyl (C=O) groups is 3. The van der Waals surface area contributed by atoms with E-state index in [0.717, 1.165) is 24.3 Å². The molecule has 1 saturated heterocycles. The summed E-state index contributed by atoms with van der Waals surface area (Å²) in [5, 5.41) is 3.52. The number of amides is 4. The highest BCUT2D eigenvalue weighted by Gasteiger charge is 2.52. The van der Waals surface area contributed by atoms with Crippen molar-refractivity contribution in [3.8, 4) is 0 Å². The van der Waals surface area contributed by atoms with Crippen molar-refractivity contribution < 1.29 is 14.4 Å². The Labute approximate surface area is 204 Å². The zero-order valence-electron chi connectivity index (χ0n) is 21.0. The highest BCUT2D eigenvalue weighted by Crippen LogP contribution is 2.33. The largest absolute Gasteiger partial charge is 0.383 e. The second kappa shape index (κ2) is 10.5. The maximum absolute atomic E-state index is 12.9. The van der Waals surface area contributed by atoms with Gasteiger partial charge in [0.2, 0.25) is 5.91 Å². The van der Waals surface area contributed by atoms with Gasteiger partial charge in [-0.2, -0.15) is 5.01 Å². The lowest BCUT2D eigenvalue weighted by molar-refractivity contribution is -0.139. The van der Waals surface area contributed by atoms with Gasteiger partial charge in [-0.25, -0.2) is 9.59 Å². The lowest BCUT2D eigenvalue weighted by Gasteiger charge is -2.30. The standard InChI is InChI=1S/C23H37N7O5/c1-14(2)12-28(17-18(24)29(13-15(3)4)21(34)25-19(17)32)11-8-16(31)27-30-20(33)23(26-22(30)35)9-6-5-7-10-23/h14-15H,5-13,24H2,1-4H3,(H,26,35)(H,27,31)(H,25,32,34). The SMILES string of the molecule is CC(C)CN(CCC(=O)NN1C(=O)NC2(CCCCC2)C1=O)c1c(N)n(CC(C)C)c(=O)[nH]c1=O. The molecular formula is C23H37N7O5. The zero-order chi connectivity index (χ0) is 25.9. The first-order valence-electron chi connectivity index (χ1n) is 12.3. The van der Waals surface area contributed by atoms with E-state index in [4.69, 9.17) is 5.73 Å². The minimum absolute atomic E-state index is 0.0434. The van der Waals surface area contributed by atoms with Gasteiger partial charge in [0.1, 0.15) is 17.0 Å². The van der Waals surface area contributed by atoms with Crippen molar-refractivity contribution in [2.24, 2.45) is 11.8 Å². The fraction of sp³-hybridized carbons (Fsp3) is 0.696. The second-order valence-corrected chi connectivity index (χ2v) is 10.3. The number of rotatable bonds is 9. The van der Waals surface area contributed by atoms with E-state index in [1.807, 2.05) is 27.7 Å². The van der Waals surface area contributed by atoms with E-state index in [1.165, 1.54) is 4.57 Å². The highest BCUT2D eigenvalue weighted by atomic mass is 16.2. The van der Waals surface area contributed by atoms with Gasteiger partial charge in [0.15, 0.2) is 0 Å². The first-order valence-corrected chi connectivity index (χ1v) is 12.3. The summed E-state index contributed by atoms with van der Waals surface area (Å²) < 4.78 is 1.33. The van der Waals surface area contributed by atoms with Crippen LogP contribution in [0.1, 0.15) is 66.2 Å². The summed E-state index contributed by atoms with van der Waals surface area (Å²) in [5.41, 5.74) is 6.67. The van der Waals surface area contributed by atoms with Crippen molar-refractivity contribution in [1.82, 2.24) is 25.3 Å². The number of anilines is 2. The molecule has 12 heteroatoms. The molecule has 35 heavy (non-hydrogen) atoms. The van der Waals surface area contributed by atoms with Crippen molar-refractivity contribution in [2.75, 3.05) is 23.7 Å². The van der Waals surface area contributed by atoms with Crippen molar-refractivity contribution >= 4 is 29.4 Å². The molecule has 0 radical (unpaired) electrons. The summed E-state index contributed by atoms with van der Waals surface area (Å²) in [6, 6.07) is -0.634. The fourth-order valence-corrected chi connectivity index (χ4v) is 4.80. The van der Waals surface area contributed by atoms with Gasteiger partial charge in [0, 0.05) is 26.1 Å². The number of urea groups is 1. The maximum Gasteiger partial charge on any atom is 0.344 e. The molecule has 5 N–H and O–H groups in total. The van der Waals surface area contributed by atoms with E-state index < -0.39 is 34.6 Å². The molecule has 194 valence electrons. The van der Waals surface area contributed by atoms with Gasteiger partial charge >= 0.3 is 11.7 Å². The van der Waals surface area contributed by atoms with E-state index in [2.05, 4.69) is 15.7 Å². The maximum atomic E-state index is 12.9. The monoisotopic (exact) mass is 491 g/mol. The zero-order valence-corrected chi connectivity index (χ0v) is 21.0. The molecule has 2 aliphatic rings. The van der Waals surface area contributed by atoms with Crippen LogP contribution in [0.4, 0.5) is 16.3 Å². The summed E-state index contributed by atoms with van der Waals surface area (Å²) in [4.78, 5) is 67.1. The lowest BCUT2D eigenvalue weighted by atomic mass is 9.82. The molecule has 2 heterocycles. The topological polar surface area (TPSA) is 163 Å². The molecule has 3 rings (SSSR count). The first kappa shape index (κ1) is 26.3. The Morgan fingerprint density at radius 1 is 1.09 bits per heavy atom. The molecular weight excluding hydrogens is 454 g/mol. The van der Waals surface area contributed by atoms with Crippen LogP contribution in [-0.2, 0) is 16.1 Å². The normalized spacial score (nSPS) is 17.4. The number of nitrogens with one attached hydrogen (secondary N) is 3. The van der Waals surface area contributed by atoms with Crippen molar-refractivity contribution in [1.29, 1.82) is 0 Å².